The van der Waals surface area contributed by atoms with Crippen LogP contribution < -0.4 is 5.32 Å². The Labute approximate surface area is 86.8 Å². The Balaban J connectivity index is 2.58. The first-order valence-electron chi connectivity index (χ1n) is 5.22. The quantitative estimate of drug-likeness (QED) is 0.704. The minimum Gasteiger partial charge on any atom is -0.385 e. The van der Waals surface area contributed by atoms with Crippen molar-refractivity contribution in [2.75, 3.05) is 19.8 Å². The lowest BCUT2D eigenvalue weighted by Gasteiger charge is -2.37. The molecule has 1 rings (SSSR count). The molecule has 2 N–H and O–H groups in total. The number of hydrogen-bond acceptors (Lipinski definition) is 3. The number of nitrogens with one attached hydrogen (secondary N) is 1. The van der Waals surface area contributed by atoms with E-state index < -0.39 is 5.60 Å². The molecule has 0 aromatic heterocycles. The highest BCUT2D eigenvalue weighted by Gasteiger charge is 2.48. The van der Waals surface area contributed by atoms with Crippen LogP contribution in [0.1, 0.15) is 34.6 Å². The van der Waals surface area contributed by atoms with Crippen LogP contribution in [0, 0.1) is 5.41 Å². The van der Waals surface area contributed by atoms with Gasteiger partial charge in [0.15, 0.2) is 0 Å². The lowest BCUT2D eigenvalue weighted by atomic mass is 9.77. The van der Waals surface area contributed by atoms with Gasteiger partial charge in [0, 0.05) is 17.5 Å². The van der Waals surface area contributed by atoms with Crippen molar-refractivity contribution in [3.05, 3.63) is 0 Å². The number of rotatable bonds is 2. The maximum Gasteiger partial charge on any atom is 0.108 e. The first-order chi connectivity index (χ1) is 6.16. The van der Waals surface area contributed by atoms with Crippen LogP contribution in [-0.2, 0) is 4.74 Å². The van der Waals surface area contributed by atoms with Gasteiger partial charge in [0.05, 0.1) is 13.2 Å². The second-order valence-electron chi connectivity index (χ2n) is 6.01. The molecule has 0 radical (unpaired) electrons. The van der Waals surface area contributed by atoms with Gasteiger partial charge in [-0.1, -0.05) is 13.8 Å². The van der Waals surface area contributed by atoms with Crippen LogP contribution in [0.4, 0.5) is 0 Å². The third kappa shape index (κ3) is 2.47. The van der Waals surface area contributed by atoms with Crippen LogP contribution >= 0.6 is 0 Å². The predicted molar refractivity (Wildman–Crippen MR) is 57.3 cm³/mol. The van der Waals surface area contributed by atoms with Crippen molar-refractivity contribution < 1.29 is 9.84 Å². The minimum absolute atomic E-state index is 0.0361. The molecule has 0 amide bonds. The smallest absolute Gasteiger partial charge is 0.108 e. The normalized spacial score (nSPS) is 32.1. The molecule has 0 saturated carbocycles. The molecular weight excluding hydrogens is 178 g/mol. The average Bonchev–Trinajstić information content (AvgIpc) is 2.23. The van der Waals surface area contributed by atoms with Crippen LogP contribution in [-0.4, -0.2) is 36.0 Å². The van der Waals surface area contributed by atoms with E-state index in [-0.39, 0.29) is 11.0 Å². The van der Waals surface area contributed by atoms with Gasteiger partial charge >= 0.3 is 0 Å². The Morgan fingerprint density at radius 3 is 2.21 bits per heavy atom. The topological polar surface area (TPSA) is 41.5 Å². The lowest BCUT2D eigenvalue weighted by molar-refractivity contribution is -0.0348. The van der Waals surface area contributed by atoms with Crippen molar-refractivity contribution in [1.29, 1.82) is 0 Å². The molecule has 1 heterocycles. The summed E-state index contributed by atoms with van der Waals surface area (Å²) in [5.74, 6) is 0. The fourth-order valence-electron chi connectivity index (χ4n) is 1.51. The van der Waals surface area contributed by atoms with Gasteiger partial charge in [-0.05, 0) is 20.8 Å². The average molecular weight is 201 g/mol. The molecule has 0 bridgehead atoms. The molecule has 1 fully saturated rings. The molecule has 0 aromatic rings. The summed E-state index contributed by atoms with van der Waals surface area (Å²) in [5, 5.41) is 13.7. The molecule has 1 aliphatic heterocycles. The number of β-amino-alcohol motifs (C(OH)–C–C–N with tert-alkyl or cyclic N) is 1. The monoisotopic (exact) mass is 201 g/mol. The molecule has 0 spiro atoms. The van der Waals surface area contributed by atoms with E-state index in [0.29, 0.717) is 19.8 Å². The summed E-state index contributed by atoms with van der Waals surface area (Å²) in [7, 11) is 0. The Morgan fingerprint density at radius 1 is 1.29 bits per heavy atom. The van der Waals surface area contributed by atoms with Gasteiger partial charge in [-0.2, -0.15) is 0 Å². The summed E-state index contributed by atoms with van der Waals surface area (Å²) in [6, 6.07) is 0. The zero-order chi connectivity index (χ0) is 11.0. The third-order valence-corrected chi connectivity index (χ3v) is 2.97. The zero-order valence-corrected chi connectivity index (χ0v) is 9.98. The first kappa shape index (κ1) is 12.0. The van der Waals surface area contributed by atoms with Crippen molar-refractivity contribution in [2.24, 2.45) is 5.41 Å². The predicted octanol–water partition coefficient (Wildman–Crippen LogP) is 1.16. The molecule has 3 nitrogen and oxygen atoms in total. The van der Waals surface area contributed by atoms with Gasteiger partial charge in [0.1, 0.15) is 5.60 Å². The largest absolute Gasteiger partial charge is 0.385 e. The maximum atomic E-state index is 10.4. The second kappa shape index (κ2) is 3.47. The summed E-state index contributed by atoms with van der Waals surface area (Å²) in [6.07, 6.45) is 0. The summed E-state index contributed by atoms with van der Waals surface area (Å²) in [6.45, 7) is 12.0. The van der Waals surface area contributed by atoms with E-state index in [2.05, 4.69) is 26.1 Å². The lowest BCUT2D eigenvalue weighted by Crippen LogP contribution is -2.54. The number of aliphatic hydroxyl groups is 1. The number of hydrogen-bond donors (Lipinski definition) is 2. The Hall–Kier alpha value is -0.120. The van der Waals surface area contributed by atoms with Gasteiger partial charge in [0.2, 0.25) is 0 Å². The highest BCUT2D eigenvalue weighted by Crippen LogP contribution is 2.36. The minimum atomic E-state index is -0.736. The van der Waals surface area contributed by atoms with E-state index >= 15 is 0 Å². The van der Waals surface area contributed by atoms with E-state index in [1.807, 2.05) is 13.8 Å². The maximum absolute atomic E-state index is 10.4. The molecule has 14 heavy (non-hydrogen) atoms. The third-order valence-electron chi connectivity index (χ3n) is 2.97. The highest BCUT2D eigenvalue weighted by molar-refractivity contribution is 5.00. The van der Waals surface area contributed by atoms with Crippen LogP contribution in [0.15, 0.2) is 0 Å². The fourth-order valence-corrected chi connectivity index (χ4v) is 1.51. The van der Waals surface area contributed by atoms with Crippen molar-refractivity contribution >= 4 is 0 Å². The Kier molecular flexibility index (Phi) is 2.96. The molecule has 3 heteroatoms. The standard InChI is InChI=1S/C11H23NO2/c1-9(2,3)12-6-11(13)8-14-7-10(11,4)5/h12-13H,6-8H2,1-5H3. The molecule has 1 saturated heterocycles. The van der Waals surface area contributed by atoms with Crippen molar-refractivity contribution in [3.63, 3.8) is 0 Å². The van der Waals surface area contributed by atoms with Gasteiger partial charge in [-0.3, -0.25) is 0 Å². The van der Waals surface area contributed by atoms with Crippen LogP contribution in [0.25, 0.3) is 0 Å². The van der Waals surface area contributed by atoms with Gasteiger partial charge in [-0.25, -0.2) is 0 Å². The Morgan fingerprint density at radius 2 is 1.86 bits per heavy atom. The highest BCUT2D eigenvalue weighted by atomic mass is 16.5. The second-order valence-corrected chi connectivity index (χ2v) is 6.01. The molecule has 84 valence electrons. The molecular formula is C11H23NO2. The molecule has 1 aliphatic rings. The number of ether oxygens (including phenoxy) is 1. The van der Waals surface area contributed by atoms with Crippen LogP contribution in [0.2, 0.25) is 0 Å². The summed E-state index contributed by atoms with van der Waals surface area (Å²) < 4.78 is 5.35. The van der Waals surface area contributed by atoms with E-state index in [9.17, 15) is 5.11 Å². The van der Waals surface area contributed by atoms with E-state index in [1.165, 1.54) is 0 Å². The van der Waals surface area contributed by atoms with Gasteiger partial charge < -0.3 is 15.2 Å². The van der Waals surface area contributed by atoms with E-state index in [4.69, 9.17) is 4.74 Å². The Bertz CT molecular complexity index is 208. The summed E-state index contributed by atoms with van der Waals surface area (Å²) in [5.41, 5.74) is -0.861. The van der Waals surface area contributed by atoms with Crippen LogP contribution in [0.3, 0.4) is 0 Å². The van der Waals surface area contributed by atoms with Gasteiger partial charge in [0.25, 0.3) is 0 Å². The van der Waals surface area contributed by atoms with E-state index in [1.54, 1.807) is 0 Å². The van der Waals surface area contributed by atoms with Crippen molar-refractivity contribution in [1.82, 2.24) is 5.32 Å². The summed E-state index contributed by atoms with van der Waals surface area (Å²) in [4.78, 5) is 0. The summed E-state index contributed by atoms with van der Waals surface area (Å²) >= 11 is 0. The molecule has 1 atom stereocenters. The van der Waals surface area contributed by atoms with E-state index in [0.717, 1.165) is 0 Å². The van der Waals surface area contributed by atoms with Gasteiger partial charge in [-0.15, -0.1) is 0 Å². The molecule has 1 unspecified atom stereocenters. The fraction of sp³-hybridized carbons (Fsp3) is 1.00. The van der Waals surface area contributed by atoms with Crippen molar-refractivity contribution in [2.45, 2.75) is 45.8 Å². The van der Waals surface area contributed by atoms with Crippen molar-refractivity contribution in [3.8, 4) is 0 Å². The molecule has 0 aliphatic carbocycles. The molecule has 0 aromatic carbocycles. The first-order valence-corrected chi connectivity index (χ1v) is 5.22. The van der Waals surface area contributed by atoms with Crippen LogP contribution in [0.5, 0.6) is 0 Å². The SMILES string of the molecule is CC(C)(C)NCC1(O)COCC1(C)C. The zero-order valence-electron chi connectivity index (χ0n) is 9.98.